The molecule has 0 saturated heterocycles. The zero-order chi connectivity index (χ0) is 12.0. The van der Waals surface area contributed by atoms with E-state index in [0.29, 0.717) is 5.92 Å². The van der Waals surface area contributed by atoms with Gasteiger partial charge < -0.3 is 10.2 Å². The van der Waals surface area contributed by atoms with Gasteiger partial charge in [0, 0.05) is 12.5 Å². The van der Waals surface area contributed by atoms with Crippen molar-refractivity contribution in [3.63, 3.8) is 0 Å². The summed E-state index contributed by atoms with van der Waals surface area (Å²) in [4.78, 5) is 0. The minimum atomic E-state index is -0.432. The van der Waals surface area contributed by atoms with Gasteiger partial charge >= 0.3 is 0 Å². The van der Waals surface area contributed by atoms with Gasteiger partial charge in [-0.15, -0.1) is 0 Å². The first-order chi connectivity index (χ1) is 6.88. The molecular weight excluding hydrogens is 188 g/mol. The molecule has 0 aromatic heterocycles. The Bertz CT molecular complexity index is 187. The molecule has 0 aliphatic rings. The van der Waals surface area contributed by atoms with Gasteiger partial charge in [0.25, 0.3) is 0 Å². The third-order valence-corrected chi connectivity index (χ3v) is 2.76. The summed E-state index contributed by atoms with van der Waals surface area (Å²) in [6.07, 6.45) is 1.44. The molecule has 0 saturated carbocycles. The molecule has 3 atom stereocenters. The van der Waals surface area contributed by atoms with Gasteiger partial charge in [-0.05, 0) is 24.7 Å². The van der Waals surface area contributed by atoms with Gasteiger partial charge in [-0.3, -0.25) is 0 Å². The Morgan fingerprint density at radius 1 is 1.07 bits per heavy atom. The van der Waals surface area contributed by atoms with E-state index in [1.807, 2.05) is 13.8 Å². The Hall–Kier alpha value is -0.340. The number of rotatable bonds is 7. The molecule has 0 spiro atoms. The lowest BCUT2D eigenvalue weighted by molar-refractivity contribution is 0.0365. The Morgan fingerprint density at radius 2 is 1.60 bits per heavy atom. The van der Waals surface area contributed by atoms with E-state index in [0.717, 1.165) is 12.8 Å². The number of hydrogen-bond acceptors (Lipinski definition) is 2. The molecule has 90 valence electrons. The molecule has 0 aromatic carbocycles. The quantitative estimate of drug-likeness (QED) is 0.640. The van der Waals surface area contributed by atoms with Gasteiger partial charge in [0.05, 0.1) is 6.10 Å². The normalized spacial score (nSPS) is 17.5. The highest BCUT2D eigenvalue weighted by atomic mass is 16.3. The average Bonchev–Trinajstić information content (AvgIpc) is 2.13. The minimum Gasteiger partial charge on any atom is -0.396 e. The molecule has 0 heterocycles. The second-order valence-corrected chi connectivity index (χ2v) is 5.18. The molecule has 0 rings (SSSR count). The Kier molecular flexibility index (Phi) is 6.86. The number of aliphatic hydroxyl groups is 2. The van der Waals surface area contributed by atoms with Gasteiger partial charge in [0.15, 0.2) is 0 Å². The molecule has 1 unspecified atom stereocenters. The van der Waals surface area contributed by atoms with Crippen LogP contribution in [0.2, 0.25) is 0 Å². The molecule has 15 heavy (non-hydrogen) atoms. The zero-order valence-electron chi connectivity index (χ0n) is 10.5. The molecule has 0 aliphatic carbocycles. The van der Waals surface area contributed by atoms with Crippen LogP contribution in [0.25, 0.3) is 0 Å². The van der Waals surface area contributed by atoms with Crippen LogP contribution in [0.5, 0.6) is 0 Å². The first-order valence-electron chi connectivity index (χ1n) is 5.84. The SMILES string of the molecule is C=C(CC(C)C)C[C@H](C)[C@@H](O)C(C)CO. The standard InChI is InChI=1S/C13H26O2/c1-9(2)6-10(3)7-11(4)13(15)12(5)8-14/h9,11-15H,3,6-8H2,1-2,4-5H3/t11-,12?,13+/m0/s1. The summed E-state index contributed by atoms with van der Waals surface area (Å²) in [5, 5.41) is 18.8. The molecule has 2 heteroatoms. The molecule has 0 fully saturated rings. The van der Waals surface area contributed by atoms with E-state index in [9.17, 15) is 5.11 Å². The van der Waals surface area contributed by atoms with Crippen molar-refractivity contribution in [2.24, 2.45) is 17.8 Å². The van der Waals surface area contributed by atoms with E-state index in [1.165, 1.54) is 5.57 Å². The largest absolute Gasteiger partial charge is 0.396 e. The average molecular weight is 214 g/mol. The maximum absolute atomic E-state index is 9.87. The van der Waals surface area contributed by atoms with E-state index < -0.39 is 6.10 Å². The van der Waals surface area contributed by atoms with Crippen LogP contribution >= 0.6 is 0 Å². The molecule has 0 radical (unpaired) electrons. The molecule has 2 nitrogen and oxygen atoms in total. The van der Waals surface area contributed by atoms with Crippen molar-refractivity contribution in [3.05, 3.63) is 12.2 Å². The predicted molar refractivity (Wildman–Crippen MR) is 64.6 cm³/mol. The van der Waals surface area contributed by atoms with Crippen LogP contribution in [-0.4, -0.2) is 22.9 Å². The molecular formula is C13H26O2. The molecule has 2 N–H and O–H groups in total. The highest BCUT2D eigenvalue weighted by molar-refractivity contribution is 4.97. The number of allylic oxidation sites excluding steroid dienone is 1. The zero-order valence-corrected chi connectivity index (χ0v) is 10.5. The monoisotopic (exact) mass is 214 g/mol. The van der Waals surface area contributed by atoms with Crippen molar-refractivity contribution >= 4 is 0 Å². The van der Waals surface area contributed by atoms with Crippen LogP contribution in [0.4, 0.5) is 0 Å². The van der Waals surface area contributed by atoms with E-state index in [1.54, 1.807) is 0 Å². The lowest BCUT2D eigenvalue weighted by Gasteiger charge is -2.24. The van der Waals surface area contributed by atoms with Gasteiger partial charge in [-0.2, -0.15) is 0 Å². The summed E-state index contributed by atoms with van der Waals surface area (Å²) >= 11 is 0. The third-order valence-electron chi connectivity index (χ3n) is 2.76. The van der Waals surface area contributed by atoms with Crippen LogP contribution in [0.15, 0.2) is 12.2 Å². The van der Waals surface area contributed by atoms with Crippen molar-refractivity contribution in [1.82, 2.24) is 0 Å². The minimum absolute atomic E-state index is 0.0438. The topological polar surface area (TPSA) is 40.5 Å². The first-order valence-corrected chi connectivity index (χ1v) is 5.84. The summed E-state index contributed by atoms with van der Waals surface area (Å²) in [7, 11) is 0. The fraction of sp³-hybridized carbons (Fsp3) is 0.846. The summed E-state index contributed by atoms with van der Waals surface area (Å²) < 4.78 is 0. The fourth-order valence-electron chi connectivity index (χ4n) is 1.91. The van der Waals surface area contributed by atoms with Crippen molar-refractivity contribution in [1.29, 1.82) is 0 Å². The van der Waals surface area contributed by atoms with E-state index in [2.05, 4.69) is 20.4 Å². The van der Waals surface area contributed by atoms with Crippen LogP contribution in [0, 0.1) is 17.8 Å². The van der Waals surface area contributed by atoms with E-state index >= 15 is 0 Å². The fourth-order valence-corrected chi connectivity index (χ4v) is 1.91. The predicted octanol–water partition coefficient (Wildman–Crippen LogP) is 2.60. The maximum atomic E-state index is 9.87. The summed E-state index contributed by atoms with van der Waals surface area (Å²) in [6.45, 7) is 12.3. The van der Waals surface area contributed by atoms with Crippen molar-refractivity contribution in [2.75, 3.05) is 6.61 Å². The van der Waals surface area contributed by atoms with Crippen molar-refractivity contribution in [3.8, 4) is 0 Å². The van der Waals surface area contributed by atoms with Crippen LogP contribution in [-0.2, 0) is 0 Å². The van der Waals surface area contributed by atoms with Gasteiger partial charge in [0.2, 0.25) is 0 Å². The highest BCUT2D eigenvalue weighted by Crippen LogP contribution is 2.22. The van der Waals surface area contributed by atoms with Gasteiger partial charge in [0.1, 0.15) is 0 Å². The number of aliphatic hydroxyl groups excluding tert-OH is 2. The lowest BCUT2D eigenvalue weighted by atomic mass is 9.87. The smallest absolute Gasteiger partial charge is 0.0616 e. The van der Waals surface area contributed by atoms with Gasteiger partial charge in [-0.1, -0.05) is 39.8 Å². The second-order valence-electron chi connectivity index (χ2n) is 5.18. The maximum Gasteiger partial charge on any atom is 0.0616 e. The Balaban J connectivity index is 4.01. The van der Waals surface area contributed by atoms with Crippen LogP contribution < -0.4 is 0 Å². The van der Waals surface area contributed by atoms with Gasteiger partial charge in [-0.25, -0.2) is 0 Å². The third kappa shape index (κ3) is 5.95. The van der Waals surface area contributed by atoms with Crippen molar-refractivity contribution < 1.29 is 10.2 Å². The first kappa shape index (κ1) is 14.7. The Labute approximate surface area is 94.0 Å². The van der Waals surface area contributed by atoms with Crippen LogP contribution in [0.3, 0.4) is 0 Å². The summed E-state index contributed by atoms with van der Waals surface area (Å²) in [5.41, 5.74) is 1.20. The number of hydrogen-bond donors (Lipinski definition) is 2. The van der Waals surface area contributed by atoms with E-state index in [4.69, 9.17) is 5.11 Å². The summed E-state index contributed by atoms with van der Waals surface area (Å²) in [5.74, 6) is 0.752. The van der Waals surface area contributed by atoms with E-state index in [-0.39, 0.29) is 18.4 Å². The lowest BCUT2D eigenvalue weighted by Crippen LogP contribution is -2.28. The molecule has 0 aliphatic heterocycles. The summed E-state index contributed by atoms with van der Waals surface area (Å²) in [6, 6.07) is 0. The molecule has 0 bridgehead atoms. The van der Waals surface area contributed by atoms with Crippen molar-refractivity contribution in [2.45, 2.75) is 46.6 Å². The van der Waals surface area contributed by atoms with Crippen LogP contribution in [0.1, 0.15) is 40.5 Å². The molecule has 0 amide bonds. The molecule has 0 aromatic rings. The Morgan fingerprint density at radius 3 is 2.00 bits per heavy atom. The highest BCUT2D eigenvalue weighted by Gasteiger charge is 2.21. The second kappa shape index (κ2) is 7.02.